The molecular weight excluding hydrogens is 648 g/mol. The average molecular weight is 685 g/mol. The molecule has 49 heavy (non-hydrogen) atoms. The minimum atomic E-state index is -5.00. The van der Waals surface area contributed by atoms with E-state index in [1.807, 2.05) is 11.9 Å². The Hall–Kier alpha value is -5.25. The molecule has 3 heterocycles. The van der Waals surface area contributed by atoms with E-state index in [-0.39, 0.29) is 36.7 Å². The van der Waals surface area contributed by atoms with Crippen LogP contribution in [0.5, 0.6) is 11.5 Å². The average Bonchev–Trinajstić information content (AvgIpc) is 3.54. The molecule has 16 heteroatoms. The maximum atomic E-state index is 15.1. The van der Waals surface area contributed by atoms with E-state index in [1.54, 1.807) is 33.9 Å². The Balaban J connectivity index is 1.53. The summed E-state index contributed by atoms with van der Waals surface area (Å²) in [6, 6.07) is 10.0. The minimum absolute atomic E-state index is 0.0302. The van der Waals surface area contributed by atoms with E-state index in [9.17, 15) is 14.0 Å². The number of aromatic nitrogens is 4. The number of nitrogens with zero attached hydrogens (tertiary/aromatic N) is 7. The Morgan fingerprint density at radius 2 is 1.78 bits per heavy atom. The Kier molecular flexibility index (Phi) is 10.1. The van der Waals surface area contributed by atoms with Gasteiger partial charge in [-0.2, -0.15) is 28.5 Å². The standard InChI is InChI=1S/C33H36F4N8O4/c1-32(2,3)49-31(47)43(5)19-22-20-44(17-16-42(22)4)29-24(40-30(46)25-13-15-45(41-25)21-12-14-38-39-18-21)10-11-27(28(29)33(35,36)37)48-26-9-7-6-8-23(26)34/h6-15,18,22H,16-17,19-20H2,1-5H3,(H,40,46). The van der Waals surface area contributed by atoms with Crippen molar-refractivity contribution in [2.24, 2.45) is 0 Å². The van der Waals surface area contributed by atoms with Crippen molar-refractivity contribution in [1.82, 2.24) is 29.8 Å². The maximum absolute atomic E-state index is 15.1. The van der Waals surface area contributed by atoms with Gasteiger partial charge in [-0.3, -0.25) is 9.69 Å². The van der Waals surface area contributed by atoms with E-state index < -0.39 is 52.7 Å². The molecule has 260 valence electrons. The molecule has 2 aromatic heterocycles. The molecule has 0 aliphatic carbocycles. The van der Waals surface area contributed by atoms with Gasteiger partial charge in [0.05, 0.1) is 29.5 Å². The Labute approximate surface area is 280 Å². The molecule has 1 aliphatic heterocycles. The van der Waals surface area contributed by atoms with Crippen LogP contribution in [0.1, 0.15) is 36.8 Å². The largest absolute Gasteiger partial charge is 0.454 e. The molecule has 0 radical (unpaired) electrons. The van der Waals surface area contributed by atoms with Crippen LogP contribution in [-0.2, 0) is 10.9 Å². The summed E-state index contributed by atoms with van der Waals surface area (Å²) < 4.78 is 72.3. The highest BCUT2D eigenvalue weighted by molar-refractivity contribution is 6.05. The van der Waals surface area contributed by atoms with Crippen LogP contribution in [0, 0.1) is 5.82 Å². The summed E-state index contributed by atoms with van der Waals surface area (Å²) in [6.45, 7) is 5.82. The van der Waals surface area contributed by atoms with E-state index >= 15 is 13.2 Å². The molecule has 1 aliphatic rings. The summed E-state index contributed by atoms with van der Waals surface area (Å²) in [4.78, 5) is 31.0. The molecule has 4 aromatic rings. The molecule has 0 spiro atoms. The van der Waals surface area contributed by atoms with Crippen molar-refractivity contribution in [3.8, 4) is 17.2 Å². The second-order valence-electron chi connectivity index (χ2n) is 12.5. The summed E-state index contributed by atoms with van der Waals surface area (Å²) >= 11 is 0. The number of benzene rings is 2. The second-order valence-corrected chi connectivity index (χ2v) is 12.5. The van der Waals surface area contributed by atoms with E-state index in [4.69, 9.17) is 9.47 Å². The first-order valence-corrected chi connectivity index (χ1v) is 15.3. The monoisotopic (exact) mass is 684 g/mol. The van der Waals surface area contributed by atoms with Crippen LogP contribution in [0.3, 0.4) is 0 Å². The molecule has 0 saturated carbocycles. The van der Waals surface area contributed by atoms with Gasteiger partial charge in [0.25, 0.3) is 5.91 Å². The molecule has 0 bridgehead atoms. The van der Waals surface area contributed by atoms with Crippen LogP contribution in [0.25, 0.3) is 5.69 Å². The number of alkyl halides is 3. The number of ether oxygens (including phenoxy) is 2. The number of nitrogens with one attached hydrogen (secondary N) is 1. The van der Waals surface area contributed by atoms with Crippen molar-refractivity contribution in [3.63, 3.8) is 0 Å². The van der Waals surface area contributed by atoms with Gasteiger partial charge >= 0.3 is 12.3 Å². The van der Waals surface area contributed by atoms with E-state index in [1.165, 1.54) is 63.4 Å². The van der Waals surface area contributed by atoms with Crippen molar-refractivity contribution in [2.45, 2.75) is 38.6 Å². The molecule has 12 nitrogen and oxygen atoms in total. The Morgan fingerprint density at radius 1 is 1.02 bits per heavy atom. The van der Waals surface area contributed by atoms with Gasteiger partial charge in [-0.05, 0) is 64.2 Å². The van der Waals surface area contributed by atoms with Crippen molar-refractivity contribution in [1.29, 1.82) is 0 Å². The lowest BCUT2D eigenvalue weighted by Gasteiger charge is -2.43. The summed E-state index contributed by atoms with van der Waals surface area (Å²) in [5, 5.41) is 14.3. The van der Waals surface area contributed by atoms with Gasteiger partial charge in [0.2, 0.25) is 0 Å². The number of para-hydroxylation sites is 1. The zero-order valence-electron chi connectivity index (χ0n) is 27.5. The summed E-state index contributed by atoms with van der Waals surface area (Å²) in [5.74, 6) is -2.67. The fourth-order valence-corrected chi connectivity index (χ4v) is 5.28. The number of carbonyl (C=O) groups excluding carboxylic acids is 2. The number of hydrogen-bond donors (Lipinski definition) is 1. The van der Waals surface area contributed by atoms with Gasteiger partial charge in [-0.15, -0.1) is 0 Å². The van der Waals surface area contributed by atoms with Gasteiger partial charge in [0, 0.05) is 45.5 Å². The van der Waals surface area contributed by atoms with Crippen LogP contribution in [0.4, 0.5) is 33.7 Å². The fraction of sp³-hybridized carbons (Fsp3) is 0.364. The summed E-state index contributed by atoms with van der Waals surface area (Å²) in [6.07, 6.45) is -1.20. The molecule has 5 rings (SSSR count). The molecule has 2 aromatic carbocycles. The zero-order chi connectivity index (χ0) is 35.5. The molecule has 1 atom stereocenters. The van der Waals surface area contributed by atoms with Gasteiger partial charge in [0.1, 0.15) is 16.9 Å². The normalized spacial score (nSPS) is 15.5. The van der Waals surface area contributed by atoms with Gasteiger partial charge in [-0.1, -0.05) is 12.1 Å². The van der Waals surface area contributed by atoms with Crippen molar-refractivity contribution < 1.29 is 36.6 Å². The van der Waals surface area contributed by atoms with Crippen LogP contribution in [-0.4, -0.2) is 93.7 Å². The number of piperazine rings is 1. The van der Waals surface area contributed by atoms with E-state index in [0.717, 1.165) is 12.1 Å². The van der Waals surface area contributed by atoms with Crippen LogP contribution in [0.15, 0.2) is 67.1 Å². The number of likely N-dealkylation sites (N-methyl/N-ethyl adjacent to an activating group) is 2. The molecule has 1 unspecified atom stereocenters. The summed E-state index contributed by atoms with van der Waals surface area (Å²) in [7, 11) is 3.36. The summed E-state index contributed by atoms with van der Waals surface area (Å²) in [5.41, 5.74) is -2.03. The minimum Gasteiger partial charge on any atom is -0.454 e. The quantitative estimate of drug-likeness (QED) is 0.228. The number of amides is 2. The van der Waals surface area contributed by atoms with Crippen molar-refractivity contribution >= 4 is 23.4 Å². The first-order valence-electron chi connectivity index (χ1n) is 15.3. The van der Waals surface area contributed by atoms with Gasteiger partial charge in [0.15, 0.2) is 17.3 Å². The Morgan fingerprint density at radius 3 is 2.45 bits per heavy atom. The number of hydrogen-bond acceptors (Lipinski definition) is 9. The zero-order valence-corrected chi connectivity index (χ0v) is 27.5. The fourth-order valence-electron chi connectivity index (χ4n) is 5.28. The van der Waals surface area contributed by atoms with Crippen molar-refractivity contribution in [3.05, 3.63) is 84.2 Å². The molecular formula is C33H36F4N8O4. The van der Waals surface area contributed by atoms with Crippen LogP contribution < -0.4 is 15.0 Å². The highest BCUT2D eigenvalue weighted by Gasteiger charge is 2.42. The van der Waals surface area contributed by atoms with E-state index in [0.29, 0.717) is 12.2 Å². The smallest absolute Gasteiger partial charge is 0.422 e. The third kappa shape index (κ3) is 8.43. The lowest BCUT2D eigenvalue weighted by Crippen LogP contribution is -2.56. The number of carbonyl (C=O) groups is 2. The number of rotatable bonds is 8. The number of halogens is 4. The molecule has 2 amide bonds. The lowest BCUT2D eigenvalue weighted by molar-refractivity contribution is -0.138. The maximum Gasteiger partial charge on any atom is 0.422 e. The van der Waals surface area contributed by atoms with Crippen LogP contribution in [0.2, 0.25) is 0 Å². The third-order valence-electron chi connectivity index (χ3n) is 7.67. The second kappa shape index (κ2) is 14.1. The highest BCUT2D eigenvalue weighted by atomic mass is 19.4. The topological polar surface area (TPSA) is 118 Å². The molecule has 1 fully saturated rings. The van der Waals surface area contributed by atoms with Crippen LogP contribution >= 0.6 is 0 Å². The SMILES string of the molecule is CN(CC1CN(c2c(NC(=O)c3ccn(-c4ccnnc4)n3)ccc(Oc3ccccc3F)c2C(F)(F)F)CCN1C)C(=O)OC(C)(C)C. The highest BCUT2D eigenvalue weighted by Crippen LogP contribution is 2.48. The third-order valence-corrected chi connectivity index (χ3v) is 7.67. The predicted octanol–water partition coefficient (Wildman–Crippen LogP) is 5.85. The van der Waals surface area contributed by atoms with E-state index in [2.05, 4.69) is 20.6 Å². The van der Waals surface area contributed by atoms with Gasteiger partial charge in [-0.25, -0.2) is 13.9 Å². The number of anilines is 2. The Bertz CT molecular complexity index is 1800. The first kappa shape index (κ1) is 35.1. The van der Waals surface area contributed by atoms with Gasteiger partial charge < -0.3 is 24.6 Å². The predicted molar refractivity (Wildman–Crippen MR) is 173 cm³/mol. The first-order chi connectivity index (χ1) is 23.1. The lowest BCUT2D eigenvalue weighted by atomic mass is 10.0. The molecule has 1 saturated heterocycles. The van der Waals surface area contributed by atoms with Crippen molar-refractivity contribution in [2.75, 3.05) is 50.5 Å². The molecule has 1 N–H and O–H groups in total.